The minimum Gasteiger partial charge on any atom is -0.660 e. The van der Waals surface area contributed by atoms with Crippen LogP contribution in [0.3, 0.4) is 0 Å². The van der Waals surface area contributed by atoms with Gasteiger partial charge in [-0.05, 0) is 37.5 Å². The molecule has 1 fully saturated rings. The molecule has 0 radical (unpaired) electrons. The van der Waals surface area contributed by atoms with Crippen LogP contribution < -0.4 is 5.32 Å². The van der Waals surface area contributed by atoms with Crippen LogP contribution in [0.1, 0.15) is 33.1 Å². The second-order valence-corrected chi connectivity index (χ2v) is 11.1. The SMILES string of the molecule is CC(C)(CO)[C@@H](O)C[N-]CCC(=O)C(=O)N1CCC(Nc2cccc(S(=O)(=O)C(F)(F)F)c2)CC1. The number of hydrogen-bond donors (Lipinski definition) is 3. The first kappa shape index (κ1) is 29.0. The third-order valence-electron chi connectivity index (χ3n) is 5.95. The highest BCUT2D eigenvalue weighted by atomic mass is 32.2. The van der Waals surface area contributed by atoms with E-state index in [9.17, 15) is 41.4 Å². The second kappa shape index (κ2) is 11.7. The maximum Gasteiger partial charge on any atom is 0.501 e. The van der Waals surface area contributed by atoms with E-state index in [4.69, 9.17) is 0 Å². The number of carbonyl (C=O) groups excluding carboxylic acids is 2. The highest BCUT2D eigenvalue weighted by molar-refractivity contribution is 7.92. The minimum atomic E-state index is -5.46. The third kappa shape index (κ3) is 7.63. The Morgan fingerprint density at radius 3 is 2.43 bits per heavy atom. The van der Waals surface area contributed by atoms with Gasteiger partial charge in [0.1, 0.15) is 0 Å². The lowest BCUT2D eigenvalue weighted by molar-refractivity contribution is -0.145. The van der Waals surface area contributed by atoms with Gasteiger partial charge in [-0.25, -0.2) is 8.42 Å². The van der Waals surface area contributed by atoms with E-state index < -0.39 is 43.5 Å². The number of aliphatic hydroxyl groups excluding tert-OH is 2. The summed E-state index contributed by atoms with van der Waals surface area (Å²) in [4.78, 5) is 25.2. The summed E-state index contributed by atoms with van der Waals surface area (Å²) >= 11 is 0. The summed E-state index contributed by atoms with van der Waals surface area (Å²) in [5.41, 5.74) is -5.91. The first-order chi connectivity index (χ1) is 16.2. The Morgan fingerprint density at radius 1 is 1.23 bits per heavy atom. The lowest BCUT2D eigenvalue weighted by Gasteiger charge is -2.34. The van der Waals surface area contributed by atoms with Crippen molar-refractivity contribution in [2.24, 2.45) is 5.41 Å². The van der Waals surface area contributed by atoms with Gasteiger partial charge >= 0.3 is 5.51 Å². The van der Waals surface area contributed by atoms with Crippen molar-refractivity contribution in [1.29, 1.82) is 0 Å². The topological polar surface area (TPSA) is 138 Å². The van der Waals surface area contributed by atoms with Gasteiger partial charge in [0, 0.05) is 36.3 Å². The number of Topliss-reactive ketones (excluding diaryl/α,β-unsaturated/α-hetero) is 1. The van der Waals surface area contributed by atoms with Crippen molar-refractivity contribution in [3.8, 4) is 0 Å². The average molecular weight is 523 g/mol. The Labute approximate surface area is 202 Å². The number of carbonyl (C=O) groups is 2. The van der Waals surface area contributed by atoms with Crippen LogP contribution in [0.15, 0.2) is 29.2 Å². The summed E-state index contributed by atoms with van der Waals surface area (Å²) < 4.78 is 61.6. The maximum absolute atomic E-state index is 12.8. The maximum atomic E-state index is 12.8. The number of amides is 1. The zero-order valence-electron chi connectivity index (χ0n) is 19.6. The number of anilines is 1. The normalized spacial score (nSPS) is 16.7. The van der Waals surface area contributed by atoms with Gasteiger partial charge in [-0.2, -0.15) is 13.2 Å². The number of alkyl halides is 3. The standard InChI is InChI=1S/C22H31F3N3O6S/c1-21(2,14-29)19(31)13-26-9-6-18(30)20(32)28-10-7-15(8-11-28)27-16-4-3-5-17(12-16)35(33,34)22(23,24)25/h3-5,12,15,19,27,29,31H,6-11,13-14H2,1-2H3/q-1/t19-/m0/s1. The van der Waals surface area contributed by atoms with Gasteiger partial charge < -0.3 is 25.7 Å². The first-order valence-corrected chi connectivity index (χ1v) is 12.6. The van der Waals surface area contributed by atoms with Crippen molar-refractivity contribution in [3.05, 3.63) is 29.6 Å². The Bertz CT molecular complexity index is 992. The van der Waals surface area contributed by atoms with Gasteiger partial charge in [-0.1, -0.05) is 19.9 Å². The van der Waals surface area contributed by atoms with Crippen LogP contribution in [-0.2, 0) is 19.4 Å². The molecule has 0 aromatic heterocycles. The smallest absolute Gasteiger partial charge is 0.501 e. The molecule has 1 heterocycles. The highest BCUT2D eigenvalue weighted by Gasteiger charge is 2.46. The number of sulfone groups is 1. The highest BCUT2D eigenvalue weighted by Crippen LogP contribution is 2.31. The molecule has 0 spiro atoms. The van der Waals surface area contributed by atoms with Crippen LogP contribution in [0.25, 0.3) is 5.32 Å². The number of likely N-dealkylation sites (tertiary alicyclic amines) is 1. The van der Waals surface area contributed by atoms with Crippen molar-refractivity contribution >= 4 is 27.2 Å². The van der Waals surface area contributed by atoms with E-state index in [1.165, 1.54) is 17.0 Å². The summed E-state index contributed by atoms with van der Waals surface area (Å²) in [6.07, 6.45) is -0.146. The van der Waals surface area contributed by atoms with Gasteiger partial charge in [-0.15, -0.1) is 13.1 Å². The summed E-state index contributed by atoms with van der Waals surface area (Å²) in [7, 11) is -5.46. The zero-order valence-corrected chi connectivity index (χ0v) is 20.4. The van der Waals surface area contributed by atoms with E-state index in [2.05, 4.69) is 10.6 Å². The van der Waals surface area contributed by atoms with Gasteiger partial charge in [-0.3, -0.25) is 9.59 Å². The molecule has 9 nitrogen and oxygen atoms in total. The number of nitrogens with zero attached hydrogens (tertiary/aromatic N) is 2. The first-order valence-electron chi connectivity index (χ1n) is 11.1. The number of hydrogen-bond acceptors (Lipinski definition) is 7. The fourth-order valence-electron chi connectivity index (χ4n) is 3.38. The number of halogens is 3. The van der Waals surface area contributed by atoms with Crippen molar-refractivity contribution in [1.82, 2.24) is 4.90 Å². The molecule has 13 heteroatoms. The van der Waals surface area contributed by atoms with E-state index in [-0.39, 0.29) is 50.9 Å². The van der Waals surface area contributed by atoms with Crippen LogP contribution in [0, 0.1) is 5.41 Å². The van der Waals surface area contributed by atoms with Gasteiger partial charge in [0.2, 0.25) is 5.78 Å². The molecule has 3 N–H and O–H groups in total. The van der Waals surface area contributed by atoms with Crippen molar-refractivity contribution in [3.63, 3.8) is 0 Å². The number of benzene rings is 1. The summed E-state index contributed by atoms with van der Waals surface area (Å²) in [5.74, 6) is -1.26. The van der Waals surface area contributed by atoms with Gasteiger partial charge in [0.05, 0.1) is 11.5 Å². The average Bonchev–Trinajstić information content (AvgIpc) is 2.81. The molecule has 1 saturated heterocycles. The number of aliphatic hydroxyl groups is 2. The largest absolute Gasteiger partial charge is 0.660 e. The minimum absolute atomic E-state index is 0.0393. The van der Waals surface area contributed by atoms with E-state index in [1.807, 2.05) is 0 Å². The number of nitrogens with one attached hydrogen (secondary N) is 1. The Morgan fingerprint density at radius 2 is 1.86 bits per heavy atom. The molecule has 1 amide bonds. The number of rotatable bonds is 11. The van der Waals surface area contributed by atoms with Crippen molar-refractivity contribution < 1.29 is 41.4 Å². The Kier molecular flexibility index (Phi) is 9.68. The molecule has 35 heavy (non-hydrogen) atoms. The molecule has 1 aliphatic rings. The molecule has 0 saturated carbocycles. The quantitative estimate of drug-likeness (QED) is 0.299. The van der Waals surface area contributed by atoms with Crippen LogP contribution >= 0.6 is 0 Å². The molecular weight excluding hydrogens is 491 g/mol. The van der Waals surface area contributed by atoms with Gasteiger partial charge in [0.25, 0.3) is 15.7 Å². The van der Waals surface area contributed by atoms with E-state index in [0.717, 1.165) is 12.1 Å². The summed E-state index contributed by atoms with van der Waals surface area (Å²) in [5, 5.41) is 26.3. The Balaban J connectivity index is 1.81. The molecule has 1 aromatic carbocycles. The molecule has 1 aliphatic heterocycles. The molecule has 2 rings (SSSR count). The Hall–Kier alpha value is -2.22. The fourth-order valence-corrected chi connectivity index (χ4v) is 4.19. The zero-order chi connectivity index (χ0) is 26.4. The molecule has 0 aliphatic carbocycles. The van der Waals surface area contributed by atoms with Gasteiger partial charge in [0.15, 0.2) is 0 Å². The van der Waals surface area contributed by atoms with E-state index in [1.54, 1.807) is 13.8 Å². The second-order valence-electron chi connectivity index (χ2n) is 9.15. The monoisotopic (exact) mass is 522 g/mol. The van der Waals surface area contributed by atoms with Crippen LogP contribution in [0.2, 0.25) is 0 Å². The molecular formula is C22H31F3N3O6S-. The molecule has 0 bridgehead atoms. The van der Waals surface area contributed by atoms with E-state index in [0.29, 0.717) is 12.8 Å². The van der Waals surface area contributed by atoms with Crippen LogP contribution in [0.4, 0.5) is 18.9 Å². The molecule has 0 unspecified atom stereocenters. The van der Waals surface area contributed by atoms with Crippen molar-refractivity contribution in [2.45, 2.75) is 55.7 Å². The fraction of sp³-hybridized carbons (Fsp3) is 0.636. The molecule has 1 atom stereocenters. The molecule has 198 valence electrons. The van der Waals surface area contributed by atoms with Crippen molar-refractivity contribution in [2.75, 3.05) is 38.1 Å². The van der Waals surface area contributed by atoms with Crippen LogP contribution in [0.5, 0.6) is 0 Å². The predicted octanol–water partition coefficient (Wildman–Crippen LogP) is 2.10. The number of ketones is 1. The number of piperidine rings is 1. The lowest BCUT2D eigenvalue weighted by Crippen LogP contribution is -2.45. The summed E-state index contributed by atoms with van der Waals surface area (Å²) in [6, 6.07) is 4.25. The lowest BCUT2D eigenvalue weighted by atomic mass is 9.87. The summed E-state index contributed by atoms with van der Waals surface area (Å²) in [6.45, 7) is 3.76. The van der Waals surface area contributed by atoms with Crippen LogP contribution in [-0.4, -0.2) is 85.7 Å². The molecule has 1 aromatic rings. The predicted molar refractivity (Wildman–Crippen MR) is 122 cm³/mol. The third-order valence-corrected chi connectivity index (χ3v) is 7.43. The van der Waals surface area contributed by atoms with E-state index >= 15 is 0 Å².